The Morgan fingerprint density at radius 3 is 1.53 bits per heavy atom. The van der Waals surface area contributed by atoms with Crippen LogP contribution in [0.2, 0.25) is 0 Å². The van der Waals surface area contributed by atoms with Crippen molar-refractivity contribution < 1.29 is 0 Å². The molecule has 1 nitrogen and oxygen atoms in total. The van der Waals surface area contributed by atoms with Crippen molar-refractivity contribution >= 4 is 27.8 Å². The fourth-order valence-electron chi connectivity index (χ4n) is 10.3. The molecule has 0 saturated heterocycles. The van der Waals surface area contributed by atoms with Gasteiger partial charge in [-0.3, -0.25) is 0 Å². The van der Waals surface area contributed by atoms with Gasteiger partial charge in [-0.1, -0.05) is 200 Å². The number of anilines is 3. The van der Waals surface area contributed by atoms with Gasteiger partial charge in [0.15, 0.2) is 0 Å². The summed E-state index contributed by atoms with van der Waals surface area (Å²) in [7, 11) is 0. The number of fused-ring (bicyclic) bond motifs is 11. The van der Waals surface area contributed by atoms with Gasteiger partial charge >= 0.3 is 0 Å². The maximum atomic E-state index is 2.45. The van der Waals surface area contributed by atoms with Crippen LogP contribution in [0.25, 0.3) is 66.4 Å². The van der Waals surface area contributed by atoms with Crippen molar-refractivity contribution in [3.05, 3.63) is 259 Å². The number of rotatable bonds is 6. The Morgan fingerprint density at radius 1 is 0.267 bits per heavy atom. The highest BCUT2D eigenvalue weighted by atomic mass is 15.1. The highest BCUT2D eigenvalue weighted by Gasteiger charge is 2.51. The van der Waals surface area contributed by atoms with E-state index in [0.29, 0.717) is 0 Å². The second-order valence-corrected chi connectivity index (χ2v) is 16.0. The van der Waals surface area contributed by atoms with E-state index in [-0.39, 0.29) is 0 Å². The van der Waals surface area contributed by atoms with Crippen LogP contribution in [0.4, 0.5) is 17.1 Å². The van der Waals surface area contributed by atoms with Gasteiger partial charge in [0.05, 0.1) is 11.1 Å². The smallest absolute Gasteiger partial charge is 0.0725 e. The van der Waals surface area contributed by atoms with Crippen molar-refractivity contribution in [3.63, 3.8) is 0 Å². The van der Waals surface area contributed by atoms with E-state index in [0.717, 1.165) is 17.1 Å². The van der Waals surface area contributed by atoms with Crippen molar-refractivity contribution in [1.29, 1.82) is 0 Å². The van der Waals surface area contributed by atoms with Crippen molar-refractivity contribution in [3.8, 4) is 55.6 Å². The molecule has 0 radical (unpaired) electrons. The molecule has 0 atom stereocenters. The SMILES string of the molecule is c1ccc(-c2ccc(N(c3cccc(-c4cccc5c4-c4ccccc4C54c5ccccc5-c5ccccc54)c3)c3ccc4ccccc4c3)c(-c3ccccc3)c2)cc1. The molecule has 2 aliphatic rings. The standard InChI is InChI=1S/C59H39N/c1-3-17-40(18-4-1)44-34-36-57(52(39-44)42-20-5-2-6-21-42)60(47-35-33-41-19-7-8-22-43(41)37-47)46-24-15-23-45(38-46)48-28-16-32-56-58(48)51-27-11-14-31-55(51)59(56)53-29-12-9-25-49(53)50-26-10-13-30-54(50)59/h1-39H. The maximum absolute atomic E-state index is 2.45. The Labute approximate surface area is 351 Å². The van der Waals surface area contributed by atoms with Crippen molar-refractivity contribution in [2.24, 2.45) is 0 Å². The van der Waals surface area contributed by atoms with Crippen molar-refractivity contribution in [2.45, 2.75) is 5.41 Å². The first kappa shape index (κ1) is 34.3. The third-order valence-corrected chi connectivity index (χ3v) is 12.9. The van der Waals surface area contributed by atoms with Gasteiger partial charge in [0.25, 0.3) is 0 Å². The highest BCUT2D eigenvalue weighted by Crippen LogP contribution is 2.64. The summed E-state index contributed by atoms with van der Waals surface area (Å²) in [4.78, 5) is 2.45. The number of hydrogen-bond donors (Lipinski definition) is 0. The van der Waals surface area contributed by atoms with Crippen molar-refractivity contribution in [2.75, 3.05) is 4.90 Å². The summed E-state index contributed by atoms with van der Waals surface area (Å²) >= 11 is 0. The zero-order chi connectivity index (χ0) is 39.6. The first-order chi connectivity index (χ1) is 29.8. The number of hydrogen-bond acceptors (Lipinski definition) is 1. The van der Waals surface area contributed by atoms with Gasteiger partial charge in [0.1, 0.15) is 0 Å². The minimum Gasteiger partial charge on any atom is -0.310 e. The van der Waals surface area contributed by atoms with Gasteiger partial charge in [0.2, 0.25) is 0 Å². The van der Waals surface area contributed by atoms with Crippen LogP contribution < -0.4 is 4.90 Å². The number of benzene rings is 10. The quantitative estimate of drug-likeness (QED) is 0.163. The summed E-state index contributed by atoms with van der Waals surface area (Å²) < 4.78 is 0. The van der Waals surface area contributed by atoms with E-state index >= 15 is 0 Å². The molecule has 0 unspecified atom stereocenters. The van der Waals surface area contributed by atoms with Gasteiger partial charge in [-0.05, 0) is 119 Å². The van der Waals surface area contributed by atoms with E-state index in [9.17, 15) is 0 Å². The Kier molecular flexibility index (Phi) is 7.83. The molecule has 10 aromatic carbocycles. The molecule has 0 amide bonds. The topological polar surface area (TPSA) is 3.24 Å². The van der Waals surface area contributed by atoms with Crippen LogP contribution in [0.15, 0.2) is 237 Å². The number of nitrogens with zero attached hydrogens (tertiary/aromatic N) is 1. The molecule has 2 aliphatic carbocycles. The van der Waals surface area contributed by atoms with Crippen LogP contribution in [0.5, 0.6) is 0 Å². The van der Waals surface area contributed by atoms with E-state index in [1.54, 1.807) is 0 Å². The zero-order valence-corrected chi connectivity index (χ0v) is 33.0. The molecule has 0 aromatic heterocycles. The van der Waals surface area contributed by atoms with Crippen LogP contribution in [-0.4, -0.2) is 0 Å². The molecule has 1 heteroatoms. The average Bonchev–Trinajstić information content (AvgIpc) is 3.80. The van der Waals surface area contributed by atoms with Crippen LogP contribution in [0, 0.1) is 0 Å². The van der Waals surface area contributed by atoms with Gasteiger partial charge in [-0.25, -0.2) is 0 Å². The van der Waals surface area contributed by atoms with Gasteiger partial charge in [-0.15, -0.1) is 0 Å². The Bertz CT molecular complexity index is 3220. The highest BCUT2D eigenvalue weighted by molar-refractivity contribution is 6.01. The fourth-order valence-corrected chi connectivity index (χ4v) is 10.3. The minimum absolute atomic E-state index is 0.394. The van der Waals surface area contributed by atoms with Crippen LogP contribution in [-0.2, 0) is 5.41 Å². The molecule has 1 spiro atoms. The van der Waals surface area contributed by atoms with Crippen LogP contribution >= 0.6 is 0 Å². The van der Waals surface area contributed by atoms with E-state index in [1.165, 1.54) is 88.7 Å². The molecule has 0 bridgehead atoms. The van der Waals surface area contributed by atoms with E-state index in [2.05, 4.69) is 241 Å². The summed E-state index contributed by atoms with van der Waals surface area (Å²) in [5.41, 5.74) is 20.8. The third kappa shape index (κ3) is 5.13. The predicted molar refractivity (Wildman–Crippen MR) is 251 cm³/mol. The van der Waals surface area contributed by atoms with Crippen molar-refractivity contribution in [1.82, 2.24) is 0 Å². The lowest BCUT2D eigenvalue weighted by Crippen LogP contribution is -2.25. The summed E-state index contributed by atoms with van der Waals surface area (Å²) in [5, 5.41) is 2.43. The molecular weight excluding hydrogens is 723 g/mol. The normalized spacial score (nSPS) is 12.8. The summed E-state index contributed by atoms with van der Waals surface area (Å²) in [5.74, 6) is 0. The first-order valence-corrected chi connectivity index (χ1v) is 20.8. The van der Waals surface area contributed by atoms with Gasteiger partial charge in [0, 0.05) is 16.9 Å². The largest absolute Gasteiger partial charge is 0.310 e. The van der Waals surface area contributed by atoms with Gasteiger partial charge in [-0.2, -0.15) is 0 Å². The lowest BCUT2D eigenvalue weighted by molar-refractivity contribution is 0.794. The molecule has 0 N–H and O–H groups in total. The molecular formula is C59H39N. The predicted octanol–water partition coefficient (Wildman–Crippen LogP) is 15.7. The zero-order valence-electron chi connectivity index (χ0n) is 33.0. The van der Waals surface area contributed by atoms with Crippen LogP contribution in [0.3, 0.4) is 0 Å². The van der Waals surface area contributed by atoms with Gasteiger partial charge < -0.3 is 4.90 Å². The summed E-state index contributed by atoms with van der Waals surface area (Å²) in [6.45, 7) is 0. The second-order valence-electron chi connectivity index (χ2n) is 16.0. The molecule has 0 heterocycles. The molecule has 280 valence electrons. The summed E-state index contributed by atoms with van der Waals surface area (Å²) in [6, 6.07) is 87.3. The van der Waals surface area contributed by atoms with Crippen LogP contribution in [0.1, 0.15) is 22.3 Å². The maximum Gasteiger partial charge on any atom is 0.0725 e. The molecule has 0 fully saturated rings. The molecule has 12 rings (SSSR count). The van der Waals surface area contributed by atoms with E-state index in [1.807, 2.05) is 0 Å². The Hall–Kier alpha value is -7.74. The first-order valence-electron chi connectivity index (χ1n) is 20.8. The van der Waals surface area contributed by atoms with E-state index < -0.39 is 5.41 Å². The molecule has 0 saturated carbocycles. The summed E-state index contributed by atoms with van der Waals surface area (Å²) in [6.07, 6.45) is 0. The second kappa shape index (κ2) is 13.7. The lowest BCUT2D eigenvalue weighted by atomic mass is 9.70. The Morgan fingerprint density at radius 2 is 0.800 bits per heavy atom. The molecule has 0 aliphatic heterocycles. The third-order valence-electron chi connectivity index (χ3n) is 12.9. The lowest BCUT2D eigenvalue weighted by Gasteiger charge is -2.30. The minimum atomic E-state index is -0.394. The fraction of sp³-hybridized carbons (Fsp3) is 0.0169. The average molecular weight is 762 g/mol. The Balaban J connectivity index is 1.09. The molecule has 10 aromatic rings. The molecule has 60 heavy (non-hydrogen) atoms. The monoisotopic (exact) mass is 761 g/mol. The van der Waals surface area contributed by atoms with E-state index in [4.69, 9.17) is 0 Å².